The fourth-order valence-corrected chi connectivity index (χ4v) is 4.87. The maximum atomic E-state index is 13.3. The van der Waals surface area contributed by atoms with E-state index < -0.39 is 17.9 Å². The smallest absolute Gasteiger partial charge is 0.548 e. The van der Waals surface area contributed by atoms with E-state index in [1.165, 1.54) is 17.3 Å². The SMILES string of the molecule is CSCC[C@H](NC(=O)c1ccc(/C=C/c2cncc(Cc3ccccc3)c2)cc1-c1ccccc1C)C(=O)[O-].[Li+]. The molecule has 4 aromatic rings. The molecule has 0 fully saturated rings. The Bertz CT molecular complexity index is 1470. The molecule has 0 radical (unpaired) electrons. The van der Waals surface area contributed by atoms with Crippen molar-refractivity contribution < 1.29 is 33.6 Å². The molecule has 0 unspecified atom stereocenters. The van der Waals surface area contributed by atoms with Gasteiger partial charge in [0.1, 0.15) is 0 Å². The molecule has 0 saturated carbocycles. The van der Waals surface area contributed by atoms with Gasteiger partial charge in [0.2, 0.25) is 0 Å². The van der Waals surface area contributed by atoms with E-state index in [0.717, 1.165) is 39.8 Å². The second-order valence-corrected chi connectivity index (χ2v) is 10.4. The second kappa shape index (κ2) is 15.3. The zero-order valence-electron chi connectivity index (χ0n) is 23.1. The van der Waals surface area contributed by atoms with Crippen LogP contribution in [0, 0.1) is 6.92 Å². The van der Waals surface area contributed by atoms with Crippen LogP contribution in [0.1, 0.15) is 44.6 Å². The van der Waals surface area contributed by atoms with Gasteiger partial charge in [-0.25, -0.2) is 0 Å². The minimum atomic E-state index is -1.28. The summed E-state index contributed by atoms with van der Waals surface area (Å²) in [4.78, 5) is 29.3. The van der Waals surface area contributed by atoms with Gasteiger partial charge in [0.05, 0.1) is 12.0 Å². The Labute approximate surface area is 252 Å². The van der Waals surface area contributed by atoms with Crippen molar-refractivity contribution in [2.75, 3.05) is 12.0 Å². The number of carbonyl (C=O) groups excluding carboxylic acids is 2. The number of hydrogen-bond donors (Lipinski definition) is 1. The fraction of sp³-hybridized carbons (Fsp3) is 0.182. The van der Waals surface area contributed by atoms with Crippen LogP contribution in [-0.4, -0.2) is 34.9 Å². The zero-order chi connectivity index (χ0) is 27.6. The summed E-state index contributed by atoms with van der Waals surface area (Å²) in [5.41, 5.74) is 7.34. The van der Waals surface area contributed by atoms with E-state index in [1.807, 2.05) is 92.3 Å². The Hall–Kier alpha value is -3.56. The number of nitrogens with one attached hydrogen (secondary N) is 1. The molecule has 3 aromatic carbocycles. The average Bonchev–Trinajstić information content (AvgIpc) is 2.95. The van der Waals surface area contributed by atoms with Gasteiger partial charge < -0.3 is 15.2 Å². The van der Waals surface area contributed by atoms with Gasteiger partial charge in [-0.3, -0.25) is 9.78 Å². The molecule has 0 aliphatic rings. The van der Waals surface area contributed by atoms with E-state index in [-0.39, 0.29) is 18.9 Å². The first-order valence-corrected chi connectivity index (χ1v) is 14.2. The molecule has 7 heteroatoms. The zero-order valence-corrected chi connectivity index (χ0v) is 23.9. The van der Waals surface area contributed by atoms with Gasteiger partial charge >= 0.3 is 18.9 Å². The largest absolute Gasteiger partial charge is 1.00 e. The van der Waals surface area contributed by atoms with E-state index in [0.29, 0.717) is 17.7 Å². The van der Waals surface area contributed by atoms with Crippen LogP contribution in [0.2, 0.25) is 0 Å². The van der Waals surface area contributed by atoms with Crippen LogP contribution in [0.5, 0.6) is 0 Å². The first kappa shape index (κ1) is 31.0. The summed E-state index contributed by atoms with van der Waals surface area (Å²) in [5, 5.41) is 14.3. The molecule has 1 heterocycles. The predicted octanol–water partition coefficient (Wildman–Crippen LogP) is 2.42. The van der Waals surface area contributed by atoms with E-state index in [4.69, 9.17) is 0 Å². The van der Waals surface area contributed by atoms with Crippen LogP contribution in [0.4, 0.5) is 0 Å². The maximum absolute atomic E-state index is 13.3. The van der Waals surface area contributed by atoms with Crippen LogP contribution < -0.4 is 29.3 Å². The molecule has 1 N–H and O–H groups in total. The van der Waals surface area contributed by atoms with E-state index in [2.05, 4.69) is 28.5 Å². The van der Waals surface area contributed by atoms with Gasteiger partial charge in [0, 0.05) is 18.0 Å². The number of pyridine rings is 1. The molecule has 198 valence electrons. The van der Waals surface area contributed by atoms with Crippen molar-refractivity contribution in [2.45, 2.75) is 25.8 Å². The number of carbonyl (C=O) groups is 2. The van der Waals surface area contributed by atoms with Crippen molar-refractivity contribution in [1.29, 1.82) is 0 Å². The van der Waals surface area contributed by atoms with Gasteiger partial charge in [0.15, 0.2) is 0 Å². The summed E-state index contributed by atoms with van der Waals surface area (Å²) in [7, 11) is 0. The fourth-order valence-electron chi connectivity index (χ4n) is 4.40. The van der Waals surface area contributed by atoms with E-state index in [1.54, 1.807) is 6.07 Å². The average molecular weight is 543 g/mol. The molecular formula is C33H31LiN2O3S. The van der Waals surface area contributed by atoms with E-state index in [9.17, 15) is 14.7 Å². The summed E-state index contributed by atoms with van der Waals surface area (Å²) >= 11 is 1.52. The molecule has 1 amide bonds. The van der Waals surface area contributed by atoms with Crippen LogP contribution in [0.3, 0.4) is 0 Å². The van der Waals surface area contributed by atoms with E-state index >= 15 is 0 Å². The molecule has 4 rings (SSSR count). The number of hydrogen-bond acceptors (Lipinski definition) is 5. The third kappa shape index (κ3) is 8.47. The number of carboxylic acids is 1. The standard InChI is InChI=1S/C33H32N2O3S.Li/c1-23-8-6-7-11-28(23)30-20-25(14-15-29(30)32(36)35-31(33(37)38)16-17-39-2)12-13-26-19-27(22-34-21-26)18-24-9-4-3-5-10-24;/h3-15,19-22,31H,16-18H2,1-2H3,(H,35,36)(H,37,38);/q;+1/p-1/b13-12+;/t31-;/m0./s1. The van der Waals surface area contributed by atoms with Crippen molar-refractivity contribution in [3.8, 4) is 11.1 Å². The number of thioether (sulfide) groups is 1. The molecular weight excluding hydrogens is 511 g/mol. The first-order chi connectivity index (χ1) is 18.9. The third-order valence-electron chi connectivity index (χ3n) is 6.46. The molecule has 0 aliphatic carbocycles. The van der Waals surface area contributed by atoms with Crippen molar-refractivity contribution in [3.05, 3.63) is 125 Å². The molecule has 5 nitrogen and oxygen atoms in total. The second-order valence-electron chi connectivity index (χ2n) is 9.37. The van der Waals surface area contributed by atoms with Crippen molar-refractivity contribution >= 4 is 35.8 Å². The number of rotatable bonds is 11. The van der Waals surface area contributed by atoms with Crippen molar-refractivity contribution in [1.82, 2.24) is 10.3 Å². The normalized spacial score (nSPS) is 11.6. The molecule has 1 aromatic heterocycles. The Balaban J connectivity index is 0.00000441. The van der Waals surface area contributed by atoms with Gasteiger partial charge in [-0.15, -0.1) is 0 Å². The van der Waals surface area contributed by atoms with Gasteiger partial charge in [-0.2, -0.15) is 11.8 Å². The summed E-state index contributed by atoms with van der Waals surface area (Å²) < 4.78 is 0. The number of benzene rings is 3. The number of nitrogens with zero attached hydrogens (tertiary/aromatic N) is 1. The summed E-state index contributed by atoms with van der Waals surface area (Å²) in [6.45, 7) is 1.99. The minimum absolute atomic E-state index is 0. The summed E-state index contributed by atoms with van der Waals surface area (Å²) in [6, 6.07) is 24.8. The minimum Gasteiger partial charge on any atom is -0.548 e. The van der Waals surface area contributed by atoms with Gasteiger partial charge in [-0.1, -0.05) is 72.8 Å². The van der Waals surface area contributed by atoms with Crippen LogP contribution >= 0.6 is 11.8 Å². The molecule has 40 heavy (non-hydrogen) atoms. The Morgan fingerprint density at radius 2 is 1.62 bits per heavy atom. The van der Waals surface area contributed by atoms with Crippen LogP contribution in [0.25, 0.3) is 23.3 Å². The third-order valence-corrected chi connectivity index (χ3v) is 7.10. The monoisotopic (exact) mass is 542 g/mol. The predicted molar refractivity (Wildman–Crippen MR) is 158 cm³/mol. The quantitative estimate of drug-likeness (QED) is 0.295. The molecule has 0 saturated heterocycles. The summed E-state index contributed by atoms with van der Waals surface area (Å²) in [5.74, 6) is -1.11. The Kier molecular flexibility index (Phi) is 11.8. The number of aryl methyl sites for hydroxylation is 1. The van der Waals surface area contributed by atoms with Crippen LogP contribution in [-0.2, 0) is 11.2 Å². The molecule has 0 bridgehead atoms. The summed E-state index contributed by atoms with van der Waals surface area (Å²) in [6.07, 6.45) is 10.7. The first-order valence-electron chi connectivity index (χ1n) is 12.8. The maximum Gasteiger partial charge on any atom is 1.00 e. The Morgan fingerprint density at radius 1 is 0.900 bits per heavy atom. The molecule has 0 aliphatic heterocycles. The molecule has 0 spiro atoms. The number of amides is 1. The van der Waals surface area contributed by atoms with Crippen LogP contribution in [0.15, 0.2) is 91.3 Å². The van der Waals surface area contributed by atoms with Gasteiger partial charge in [0.25, 0.3) is 5.91 Å². The molecule has 1 atom stereocenters. The number of aromatic nitrogens is 1. The number of aliphatic carboxylic acids is 1. The number of carboxylic acid groups (broad SMARTS) is 1. The van der Waals surface area contributed by atoms with Gasteiger partial charge in [-0.05, 0) is 88.9 Å². The van der Waals surface area contributed by atoms with Crippen molar-refractivity contribution in [3.63, 3.8) is 0 Å². The van der Waals surface area contributed by atoms with Crippen molar-refractivity contribution in [2.24, 2.45) is 0 Å². The topological polar surface area (TPSA) is 82.1 Å². The Morgan fingerprint density at radius 3 is 2.35 bits per heavy atom.